The van der Waals surface area contributed by atoms with Gasteiger partial charge < -0.3 is 14.2 Å². The van der Waals surface area contributed by atoms with Gasteiger partial charge in [0, 0.05) is 53.4 Å². The Hall–Kier alpha value is -2.96. The highest BCUT2D eigenvalue weighted by molar-refractivity contribution is 5.84. The highest BCUT2D eigenvalue weighted by atomic mass is 16.5. The second-order valence-electron chi connectivity index (χ2n) is 9.05. The zero-order valence-corrected chi connectivity index (χ0v) is 17.8. The van der Waals surface area contributed by atoms with E-state index in [-0.39, 0.29) is 6.10 Å². The van der Waals surface area contributed by atoms with Gasteiger partial charge in [0.2, 0.25) is 5.82 Å². The van der Waals surface area contributed by atoms with Crippen LogP contribution in [-0.4, -0.2) is 43.9 Å². The molecule has 4 aromatic rings. The van der Waals surface area contributed by atoms with Gasteiger partial charge in [-0.3, -0.25) is 4.90 Å². The van der Waals surface area contributed by atoms with Gasteiger partial charge in [0.1, 0.15) is 0 Å². The van der Waals surface area contributed by atoms with Crippen LogP contribution in [-0.2, 0) is 6.42 Å². The Labute approximate surface area is 181 Å². The fraction of sp³-hybridized carbons (Fsp3) is 0.360. The number of aromatic nitrogens is 3. The molecule has 2 aliphatic rings. The second-order valence-corrected chi connectivity index (χ2v) is 9.05. The first-order chi connectivity index (χ1) is 15.1. The van der Waals surface area contributed by atoms with Crippen molar-refractivity contribution in [3.63, 3.8) is 0 Å². The third kappa shape index (κ3) is 3.01. The maximum Gasteiger partial charge on any atom is 0.258 e. The first kappa shape index (κ1) is 18.8. The first-order valence-corrected chi connectivity index (χ1v) is 11.1. The van der Waals surface area contributed by atoms with Crippen molar-refractivity contribution in [1.82, 2.24) is 19.6 Å². The highest BCUT2D eigenvalue weighted by Gasteiger charge is 2.36. The quantitative estimate of drug-likeness (QED) is 0.528. The predicted molar refractivity (Wildman–Crippen MR) is 120 cm³/mol. The summed E-state index contributed by atoms with van der Waals surface area (Å²) in [4.78, 5) is 7.12. The van der Waals surface area contributed by atoms with E-state index in [2.05, 4.69) is 77.1 Å². The Balaban J connectivity index is 1.33. The largest absolute Gasteiger partial charge is 0.390 e. The van der Waals surface area contributed by atoms with Crippen LogP contribution in [0, 0.1) is 0 Å². The molecular formula is C25H26N4O2. The molecule has 6 nitrogen and oxygen atoms in total. The van der Waals surface area contributed by atoms with Crippen molar-refractivity contribution in [1.29, 1.82) is 0 Å². The monoisotopic (exact) mass is 414 g/mol. The lowest BCUT2D eigenvalue weighted by Gasteiger charge is -2.40. The van der Waals surface area contributed by atoms with Crippen molar-refractivity contribution in [3.05, 3.63) is 59.8 Å². The van der Waals surface area contributed by atoms with Crippen LogP contribution in [0.25, 0.3) is 33.7 Å². The minimum Gasteiger partial charge on any atom is -0.390 e. The maximum atomic E-state index is 9.69. The van der Waals surface area contributed by atoms with Crippen LogP contribution >= 0.6 is 0 Å². The summed E-state index contributed by atoms with van der Waals surface area (Å²) in [5.74, 6) is 1.20. The third-order valence-electron chi connectivity index (χ3n) is 6.76. The summed E-state index contributed by atoms with van der Waals surface area (Å²) in [6, 6.07) is 15.6. The molecule has 2 aromatic heterocycles. The van der Waals surface area contributed by atoms with Crippen molar-refractivity contribution >= 4 is 10.9 Å². The summed E-state index contributed by atoms with van der Waals surface area (Å²) in [7, 11) is 0. The van der Waals surface area contributed by atoms with Crippen LogP contribution < -0.4 is 0 Å². The summed E-state index contributed by atoms with van der Waals surface area (Å²) in [6.45, 7) is 5.90. The number of hydrogen-bond acceptors (Lipinski definition) is 5. The standard InChI is InChI=1S/C25H26N4O2/c1-15(2)29-11-10-16-12-17(6-8-22(16)29)25-26-24(27-31-25)21-5-3-4-20-19(21)7-9-23(20)28-13-18(30)14-28/h3-6,8,10-12,15,18,23,30H,7,9,13-14H2,1-2H3. The number of aliphatic hydroxyl groups is 1. The lowest BCUT2D eigenvalue weighted by Crippen LogP contribution is -2.51. The first-order valence-electron chi connectivity index (χ1n) is 11.1. The molecule has 1 saturated heterocycles. The Kier molecular flexibility index (Phi) is 4.26. The number of fused-ring (bicyclic) bond motifs is 2. The second kappa shape index (κ2) is 7.04. The Morgan fingerprint density at radius 3 is 2.81 bits per heavy atom. The van der Waals surface area contributed by atoms with Crippen molar-refractivity contribution in [2.75, 3.05) is 13.1 Å². The number of hydrogen-bond donors (Lipinski definition) is 1. The summed E-state index contributed by atoms with van der Waals surface area (Å²) in [5.41, 5.74) is 5.86. The zero-order valence-electron chi connectivity index (χ0n) is 17.8. The molecule has 1 aliphatic carbocycles. The van der Waals surface area contributed by atoms with Crippen molar-refractivity contribution in [3.8, 4) is 22.8 Å². The predicted octanol–water partition coefficient (Wildman–Crippen LogP) is 4.60. The molecule has 3 heterocycles. The highest BCUT2D eigenvalue weighted by Crippen LogP contribution is 2.42. The molecule has 1 aliphatic heterocycles. The molecule has 6 rings (SSSR count). The molecule has 31 heavy (non-hydrogen) atoms. The molecular weight excluding hydrogens is 388 g/mol. The van der Waals surface area contributed by atoms with Crippen molar-refractivity contribution in [2.45, 2.75) is 44.9 Å². The summed E-state index contributed by atoms with van der Waals surface area (Å²) in [6.07, 6.45) is 4.02. The SMILES string of the molecule is CC(C)n1ccc2cc(-c3nc(-c4cccc5c4CCC5N4CC(O)C4)no3)ccc21. The van der Waals surface area contributed by atoms with Crippen LogP contribution in [0.2, 0.25) is 0 Å². The van der Waals surface area contributed by atoms with Gasteiger partial charge >= 0.3 is 0 Å². The molecule has 0 amide bonds. The van der Waals surface area contributed by atoms with E-state index < -0.39 is 0 Å². The van der Waals surface area contributed by atoms with Gasteiger partial charge in [-0.2, -0.15) is 4.98 Å². The molecule has 158 valence electrons. The smallest absolute Gasteiger partial charge is 0.258 e. The molecule has 0 saturated carbocycles. The normalized spacial score (nSPS) is 19.3. The Bertz CT molecular complexity index is 1270. The average Bonchev–Trinajstić information content (AvgIpc) is 3.48. The molecule has 0 bridgehead atoms. The number of aliphatic hydroxyl groups excluding tert-OH is 1. The van der Waals surface area contributed by atoms with E-state index >= 15 is 0 Å². The van der Waals surface area contributed by atoms with E-state index in [1.807, 2.05) is 0 Å². The van der Waals surface area contributed by atoms with E-state index in [1.54, 1.807) is 0 Å². The summed E-state index contributed by atoms with van der Waals surface area (Å²) >= 11 is 0. The summed E-state index contributed by atoms with van der Waals surface area (Å²) in [5, 5.41) is 15.2. The van der Waals surface area contributed by atoms with Crippen LogP contribution in [0.3, 0.4) is 0 Å². The Morgan fingerprint density at radius 1 is 1.13 bits per heavy atom. The van der Waals surface area contributed by atoms with Crippen LogP contribution in [0.15, 0.2) is 53.2 Å². The van der Waals surface area contributed by atoms with Gasteiger partial charge in [-0.1, -0.05) is 23.4 Å². The lowest BCUT2D eigenvalue weighted by molar-refractivity contribution is -0.0251. The molecule has 2 aromatic carbocycles. The molecule has 6 heteroatoms. The van der Waals surface area contributed by atoms with Crippen LogP contribution in [0.4, 0.5) is 0 Å². The Morgan fingerprint density at radius 2 is 2.00 bits per heavy atom. The lowest BCUT2D eigenvalue weighted by atomic mass is 9.99. The molecule has 1 unspecified atom stereocenters. The molecule has 1 N–H and O–H groups in total. The van der Waals surface area contributed by atoms with E-state index in [0.717, 1.165) is 37.1 Å². The van der Waals surface area contributed by atoms with Gasteiger partial charge in [-0.15, -0.1) is 0 Å². The van der Waals surface area contributed by atoms with Crippen LogP contribution in [0.1, 0.15) is 43.5 Å². The van der Waals surface area contributed by atoms with E-state index in [1.165, 1.54) is 22.0 Å². The average molecular weight is 415 g/mol. The van der Waals surface area contributed by atoms with Crippen LogP contribution in [0.5, 0.6) is 0 Å². The number of likely N-dealkylation sites (tertiary alicyclic amines) is 1. The number of rotatable bonds is 4. The number of benzene rings is 2. The molecule has 1 fully saturated rings. The zero-order chi connectivity index (χ0) is 21.1. The number of nitrogens with zero attached hydrogens (tertiary/aromatic N) is 4. The van der Waals surface area contributed by atoms with Gasteiger partial charge in [0.05, 0.1) is 6.10 Å². The van der Waals surface area contributed by atoms with Gasteiger partial charge in [0.15, 0.2) is 0 Å². The summed E-state index contributed by atoms with van der Waals surface area (Å²) < 4.78 is 7.94. The van der Waals surface area contributed by atoms with Gasteiger partial charge in [-0.05, 0) is 62.1 Å². The molecule has 1 atom stereocenters. The fourth-order valence-electron chi connectivity index (χ4n) is 5.16. The van der Waals surface area contributed by atoms with E-state index in [9.17, 15) is 5.11 Å². The third-order valence-corrected chi connectivity index (χ3v) is 6.76. The van der Waals surface area contributed by atoms with Gasteiger partial charge in [0.25, 0.3) is 5.89 Å². The van der Waals surface area contributed by atoms with Gasteiger partial charge in [-0.25, -0.2) is 0 Å². The van der Waals surface area contributed by atoms with Crippen molar-refractivity contribution < 1.29 is 9.63 Å². The minimum absolute atomic E-state index is 0.179. The fourth-order valence-corrected chi connectivity index (χ4v) is 5.16. The van der Waals surface area contributed by atoms with E-state index in [4.69, 9.17) is 9.51 Å². The minimum atomic E-state index is -0.179. The topological polar surface area (TPSA) is 67.3 Å². The molecule has 0 radical (unpaired) electrons. The van der Waals surface area contributed by atoms with Crippen molar-refractivity contribution in [2.24, 2.45) is 0 Å². The number of β-amino-alcohol motifs (C(OH)–C–C–N with tert-alkyl or cyclic N) is 1. The molecule has 0 spiro atoms. The van der Waals surface area contributed by atoms with E-state index in [0.29, 0.717) is 23.8 Å². The maximum absolute atomic E-state index is 9.69.